The molecule has 0 amide bonds. The number of carbonyl (C=O) groups excluding carboxylic acids is 1. The van der Waals surface area contributed by atoms with Crippen LogP contribution in [0.5, 0.6) is 5.75 Å². The van der Waals surface area contributed by atoms with Crippen LogP contribution in [0.2, 0.25) is 0 Å². The molecule has 0 saturated carbocycles. The molecule has 1 aromatic rings. The fourth-order valence-electron chi connectivity index (χ4n) is 2.00. The van der Waals surface area contributed by atoms with Gasteiger partial charge >= 0.3 is 5.30 Å². The molecular formula is C12H12O5S. The first kappa shape index (κ1) is 11.8. The number of rotatable bonds is 2. The average Bonchev–Trinajstić information content (AvgIpc) is 2.76. The van der Waals surface area contributed by atoms with Crippen LogP contribution in [0.4, 0.5) is 4.79 Å². The lowest BCUT2D eigenvalue weighted by Crippen LogP contribution is -2.52. The summed E-state index contributed by atoms with van der Waals surface area (Å²) in [7, 11) is 0. The zero-order chi connectivity index (χ0) is 12.5. The molecule has 2 aliphatic heterocycles. The molecule has 0 unspecified atom stereocenters. The van der Waals surface area contributed by atoms with Crippen LogP contribution in [-0.4, -0.2) is 40.8 Å². The van der Waals surface area contributed by atoms with Crippen molar-refractivity contribution in [2.24, 2.45) is 0 Å². The second-order valence-electron chi connectivity index (χ2n) is 4.11. The molecule has 4 atom stereocenters. The van der Waals surface area contributed by atoms with E-state index < -0.39 is 12.4 Å². The first-order valence-corrected chi connectivity index (χ1v) is 6.50. The van der Waals surface area contributed by atoms with Crippen LogP contribution in [0, 0.1) is 0 Å². The van der Waals surface area contributed by atoms with Crippen molar-refractivity contribution >= 4 is 17.1 Å². The average molecular weight is 268 g/mol. The fraction of sp³-hybridized carbons (Fsp3) is 0.417. The molecule has 2 aliphatic rings. The first-order chi connectivity index (χ1) is 8.74. The maximum Gasteiger partial charge on any atom is 0.368 e. The lowest BCUT2D eigenvalue weighted by Gasteiger charge is -2.34. The molecule has 0 bridgehead atoms. The van der Waals surface area contributed by atoms with Crippen LogP contribution in [0.25, 0.3) is 0 Å². The molecule has 1 aromatic carbocycles. The number of fused-ring (bicyclic) bond motifs is 1. The maximum atomic E-state index is 11.2. The zero-order valence-corrected chi connectivity index (χ0v) is 10.2. The highest BCUT2D eigenvalue weighted by Crippen LogP contribution is 2.36. The number of hydrogen-bond acceptors (Lipinski definition) is 6. The fourth-order valence-corrected chi connectivity index (χ4v) is 2.96. The Bertz CT molecular complexity index is 437. The molecule has 5 nitrogen and oxygen atoms in total. The molecule has 6 heteroatoms. The van der Waals surface area contributed by atoms with E-state index in [0.717, 1.165) is 11.8 Å². The minimum absolute atomic E-state index is 0.248. The van der Waals surface area contributed by atoms with Gasteiger partial charge in [0.1, 0.15) is 18.0 Å². The Labute approximate surface area is 108 Å². The molecule has 0 spiro atoms. The van der Waals surface area contributed by atoms with Crippen LogP contribution in [0.15, 0.2) is 30.3 Å². The summed E-state index contributed by atoms with van der Waals surface area (Å²) < 4.78 is 16.0. The Balaban J connectivity index is 1.69. The summed E-state index contributed by atoms with van der Waals surface area (Å²) in [6.07, 6.45) is -2.04. The largest absolute Gasteiger partial charge is 0.462 e. The van der Waals surface area contributed by atoms with Gasteiger partial charge in [0.25, 0.3) is 0 Å². The SMILES string of the molecule is O=C1O[C@H]2CO[C@@H](Oc3ccccc3)[C@H](O)[C@H]2S1. The maximum absolute atomic E-state index is 11.2. The van der Waals surface area contributed by atoms with Crippen LogP contribution >= 0.6 is 11.8 Å². The van der Waals surface area contributed by atoms with Gasteiger partial charge in [0, 0.05) is 0 Å². The molecule has 0 aromatic heterocycles. The van der Waals surface area contributed by atoms with Gasteiger partial charge in [0.05, 0.1) is 11.9 Å². The van der Waals surface area contributed by atoms with E-state index in [0.29, 0.717) is 5.75 Å². The van der Waals surface area contributed by atoms with Crippen molar-refractivity contribution in [1.29, 1.82) is 0 Å². The molecule has 1 N–H and O–H groups in total. The number of aliphatic hydroxyl groups excluding tert-OH is 1. The van der Waals surface area contributed by atoms with Gasteiger partial charge in [-0.3, -0.25) is 0 Å². The van der Waals surface area contributed by atoms with Crippen molar-refractivity contribution in [3.63, 3.8) is 0 Å². The molecule has 2 saturated heterocycles. The summed E-state index contributed by atoms with van der Waals surface area (Å²) in [6.45, 7) is 0.248. The monoisotopic (exact) mass is 268 g/mol. The van der Waals surface area contributed by atoms with E-state index in [4.69, 9.17) is 14.2 Å². The third kappa shape index (κ3) is 2.19. The number of carbonyl (C=O) groups is 1. The molecule has 0 aliphatic carbocycles. The quantitative estimate of drug-likeness (QED) is 0.818. The van der Waals surface area contributed by atoms with Crippen molar-refractivity contribution in [2.45, 2.75) is 23.7 Å². The third-order valence-electron chi connectivity index (χ3n) is 2.88. The van der Waals surface area contributed by atoms with Gasteiger partial charge in [-0.25, -0.2) is 4.79 Å². The Morgan fingerprint density at radius 3 is 2.89 bits per heavy atom. The standard InChI is InChI=1S/C12H12O5S/c13-9-10-8(17-12(14)18-10)6-15-11(9)16-7-4-2-1-3-5-7/h1-5,8-11,13H,6H2/t8-,9+,10-,11-/m0/s1. The summed E-state index contributed by atoms with van der Waals surface area (Å²) in [5.41, 5.74) is 0. The van der Waals surface area contributed by atoms with Gasteiger partial charge in [0.2, 0.25) is 6.29 Å². The molecule has 2 heterocycles. The van der Waals surface area contributed by atoms with E-state index in [9.17, 15) is 9.90 Å². The minimum Gasteiger partial charge on any atom is -0.462 e. The molecule has 96 valence electrons. The van der Waals surface area contributed by atoms with Gasteiger partial charge < -0.3 is 19.3 Å². The van der Waals surface area contributed by atoms with Gasteiger partial charge in [-0.1, -0.05) is 18.2 Å². The molecular weight excluding hydrogens is 256 g/mol. The van der Waals surface area contributed by atoms with E-state index in [1.54, 1.807) is 12.1 Å². The number of hydrogen-bond donors (Lipinski definition) is 1. The molecule has 0 radical (unpaired) electrons. The van der Waals surface area contributed by atoms with Gasteiger partial charge in [-0.05, 0) is 23.9 Å². The van der Waals surface area contributed by atoms with Crippen LogP contribution in [0.1, 0.15) is 0 Å². The van der Waals surface area contributed by atoms with E-state index in [2.05, 4.69) is 0 Å². The molecule has 18 heavy (non-hydrogen) atoms. The lowest BCUT2D eigenvalue weighted by molar-refractivity contribution is -0.191. The van der Waals surface area contributed by atoms with Crippen LogP contribution in [0.3, 0.4) is 0 Å². The smallest absolute Gasteiger partial charge is 0.368 e. The summed E-state index contributed by atoms with van der Waals surface area (Å²) >= 11 is 1.00. The predicted octanol–water partition coefficient (Wildman–Crippen LogP) is 1.40. The topological polar surface area (TPSA) is 65.0 Å². The highest BCUT2D eigenvalue weighted by molar-refractivity contribution is 8.14. The van der Waals surface area contributed by atoms with Crippen molar-refractivity contribution in [3.8, 4) is 5.75 Å². The number of para-hydroxylation sites is 1. The Morgan fingerprint density at radius 2 is 2.11 bits per heavy atom. The van der Waals surface area contributed by atoms with E-state index in [1.165, 1.54) is 0 Å². The summed E-state index contributed by atoms with van der Waals surface area (Å²) in [6, 6.07) is 9.12. The third-order valence-corrected chi connectivity index (χ3v) is 4.03. The van der Waals surface area contributed by atoms with Crippen molar-refractivity contribution in [1.82, 2.24) is 0 Å². The number of aliphatic hydroxyl groups is 1. The normalized spacial score (nSPS) is 34.8. The van der Waals surface area contributed by atoms with Crippen molar-refractivity contribution in [3.05, 3.63) is 30.3 Å². The summed E-state index contributed by atoms with van der Waals surface area (Å²) in [5, 5.41) is 9.43. The Morgan fingerprint density at radius 1 is 1.33 bits per heavy atom. The van der Waals surface area contributed by atoms with E-state index in [1.807, 2.05) is 18.2 Å². The van der Waals surface area contributed by atoms with Gasteiger partial charge in [0.15, 0.2) is 0 Å². The number of ether oxygens (including phenoxy) is 3. The first-order valence-electron chi connectivity index (χ1n) is 5.63. The number of benzene rings is 1. The van der Waals surface area contributed by atoms with E-state index in [-0.39, 0.29) is 23.3 Å². The van der Waals surface area contributed by atoms with Crippen LogP contribution in [-0.2, 0) is 9.47 Å². The molecule has 2 fully saturated rings. The zero-order valence-electron chi connectivity index (χ0n) is 9.39. The predicted molar refractivity (Wildman–Crippen MR) is 64.5 cm³/mol. The summed E-state index contributed by atoms with van der Waals surface area (Å²) in [5.74, 6) is 0.621. The highest BCUT2D eigenvalue weighted by Gasteiger charge is 2.48. The minimum atomic E-state index is -0.889. The summed E-state index contributed by atoms with van der Waals surface area (Å²) in [4.78, 5) is 11.2. The number of thioether (sulfide) groups is 1. The Kier molecular flexibility index (Phi) is 3.15. The second-order valence-corrected chi connectivity index (χ2v) is 5.23. The van der Waals surface area contributed by atoms with Crippen molar-refractivity contribution < 1.29 is 24.1 Å². The van der Waals surface area contributed by atoms with Crippen LogP contribution < -0.4 is 4.74 Å². The van der Waals surface area contributed by atoms with Gasteiger partial charge in [-0.2, -0.15) is 0 Å². The highest BCUT2D eigenvalue weighted by atomic mass is 32.2. The van der Waals surface area contributed by atoms with E-state index >= 15 is 0 Å². The Hall–Kier alpha value is -1.24. The lowest BCUT2D eigenvalue weighted by atomic mass is 10.1. The van der Waals surface area contributed by atoms with Crippen molar-refractivity contribution in [2.75, 3.05) is 6.61 Å². The van der Waals surface area contributed by atoms with Gasteiger partial charge in [-0.15, -0.1) is 0 Å². The molecule has 3 rings (SSSR count). The second kappa shape index (κ2) is 4.79.